The molecule has 2 aromatic carbocycles. The summed E-state index contributed by atoms with van der Waals surface area (Å²) in [6, 6.07) is 17.4. The van der Waals surface area contributed by atoms with Gasteiger partial charge >= 0.3 is 0 Å². The predicted octanol–water partition coefficient (Wildman–Crippen LogP) is 3.09. The maximum atomic E-state index is 5.50. The van der Waals surface area contributed by atoms with E-state index < -0.39 is 0 Å². The topological polar surface area (TPSA) is 15.7 Å². The first-order chi connectivity index (χ1) is 10.7. The number of hydrogen-bond acceptors (Lipinski definition) is 3. The van der Waals surface area contributed by atoms with Gasteiger partial charge in [0.1, 0.15) is 5.75 Å². The molecule has 2 aliphatic rings. The van der Waals surface area contributed by atoms with E-state index in [9.17, 15) is 0 Å². The highest BCUT2D eigenvalue weighted by Crippen LogP contribution is 2.55. The molecular weight excluding hydrogens is 272 g/mol. The monoisotopic (exact) mass is 294 g/mol. The summed E-state index contributed by atoms with van der Waals surface area (Å²) in [6.45, 7) is 1.11. The van der Waals surface area contributed by atoms with Crippen molar-refractivity contribution < 1.29 is 4.74 Å². The molecule has 0 N–H and O–H groups in total. The van der Waals surface area contributed by atoms with Crippen LogP contribution >= 0.6 is 0 Å². The fourth-order valence-corrected chi connectivity index (χ4v) is 4.50. The van der Waals surface area contributed by atoms with E-state index in [0.29, 0.717) is 6.17 Å². The van der Waals surface area contributed by atoms with E-state index in [1.54, 1.807) is 7.11 Å². The van der Waals surface area contributed by atoms with Crippen molar-refractivity contribution in [1.29, 1.82) is 0 Å². The molecule has 1 fully saturated rings. The molecule has 22 heavy (non-hydrogen) atoms. The molecule has 0 saturated carbocycles. The highest BCUT2D eigenvalue weighted by atomic mass is 16.5. The Morgan fingerprint density at radius 2 is 1.86 bits per heavy atom. The summed E-state index contributed by atoms with van der Waals surface area (Å²) >= 11 is 0. The molecule has 2 heterocycles. The minimum absolute atomic E-state index is 0.0363. The van der Waals surface area contributed by atoms with Crippen molar-refractivity contribution in [2.75, 3.05) is 32.6 Å². The Hall–Kier alpha value is -2.00. The van der Waals surface area contributed by atoms with Crippen LogP contribution in [0.3, 0.4) is 0 Å². The van der Waals surface area contributed by atoms with Crippen LogP contribution in [-0.4, -0.2) is 38.8 Å². The van der Waals surface area contributed by atoms with Gasteiger partial charge in [-0.3, -0.25) is 4.90 Å². The van der Waals surface area contributed by atoms with Gasteiger partial charge in [0, 0.05) is 19.3 Å². The van der Waals surface area contributed by atoms with Crippen molar-refractivity contribution in [1.82, 2.24) is 4.90 Å². The van der Waals surface area contributed by atoms with Crippen molar-refractivity contribution in [3.05, 3.63) is 59.7 Å². The summed E-state index contributed by atoms with van der Waals surface area (Å²) in [5.41, 5.74) is 4.16. The largest absolute Gasteiger partial charge is 0.497 e. The Morgan fingerprint density at radius 1 is 1.09 bits per heavy atom. The summed E-state index contributed by atoms with van der Waals surface area (Å²) in [4.78, 5) is 4.90. The molecule has 0 bridgehead atoms. The third-order valence-corrected chi connectivity index (χ3v) is 5.44. The Morgan fingerprint density at radius 3 is 2.59 bits per heavy atom. The van der Waals surface area contributed by atoms with Gasteiger partial charge in [-0.1, -0.05) is 30.3 Å². The molecule has 2 unspecified atom stereocenters. The Labute approximate surface area is 132 Å². The van der Waals surface area contributed by atoms with Crippen molar-refractivity contribution in [3.63, 3.8) is 0 Å². The zero-order valence-electron chi connectivity index (χ0n) is 13.4. The minimum Gasteiger partial charge on any atom is -0.497 e. The fourth-order valence-electron chi connectivity index (χ4n) is 4.50. The summed E-state index contributed by atoms with van der Waals surface area (Å²) in [5.74, 6) is 0.942. The van der Waals surface area contributed by atoms with Crippen LogP contribution in [0.5, 0.6) is 5.75 Å². The van der Waals surface area contributed by atoms with Crippen LogP contribution < -0.4 is 9.64 Å². The number of benzene rings is 2. The van der Waals surface area contributed by atoms with E-state index >= 15 is 0 Å². The molecule has 4 rings (SSSR count). The molecule has 3 heteroatoms. The average molecular weight is 294 g/mol. The van der Waals surface area contributed by atoms with Crippen molar-refractivity contribution in [2.45, 2.75) is 18.0 Å². The Balaban J connectivity index is 1.99. The molecule has 0 aliphatic carbocycles. The number of methoxy groups -OCH3 is 1. The van der Waals surface area contributed by atoms with Crippen LogP contribution in [0.15, 0.2) is 48.5 Å². The molecule has 2 aromatic rings. The van der Waals surface area contributed by atoms with Crippen LogP contribution in [-0.2, 0) is 5.41 Å². The molecule has 1 saturated heterocycles. The van der Waals surface area contributed by atoms with Crippen LogP contribution in [0.4, 0.5) is 5.69 Å². The number of fused-ring (bicyclic) bond motifs is 3. The molecule has 0 radical (unpaired) electrons. The van der Waals surface area contributed by atoms with Gasteiger partial charge in [-0.2, -0.15) is 0 Å². The highest BCUT2D eigenvalue weighted by molar-refractivity contribution is 5.69. The van der Waals surface area contributed by atoms with Gasteiger partial charge in [0.25, 0.3) is 0 Å². The lowest BCUT2D eigenvalue weighted by Crippen LogP contribution is -2.47. The van der Waals surface area contributed by atoms with Crippen LogP contribution in [0, 0.1) is 0 Å². The number of ether oxygens (including phenoxy) is 1. The minimum atomic E-state index is 0.0363. The zero-order valence-corrected chi connectivity index (χ0v) is 13.4. The lowest BCUT2D eigenvalue weighted by atomic mass is 9.73. The van der Waals surface area contributed by atoms with Crippen LogP contribution in [0.1, 0.15) is 17.5 Å². The smallest absolute Gasteiger partial charge is 0.119 e. The molecular formula is C19H22N2O. The van der Waals surface area contributed by atoms with Gasteiger partial charge in [0.2, 0.25) is 0 Å². The van der Waals surface area contributed by atoms with Gasteiger partial charge in [0.15, 0.2) is 0 Å². The van der Waals surface area contributed by atoms with E-state index in [0.717, 1.165) is 18.7 Å². The standard InChI is InChI=1S/C19H22N2O/c1-20-12-11-19(14-7-5-4-6-8-14)16-13-15(22-3)9-10-17(16)21(2)18(19)20/h4-10,13,18H,11-12H2,1-3H3. The third kappa shape index (κ3) is 1.60. The van der Waals surface area contributed by atoms with E-state index in [4.69, 9.17) is 4.74 Å². The first-order valence-corrected chi connectivity index (χ1v) is 7.85. The van der Waals surface area contributed by atoms with Crippen molar-refractivity contribution in [3.8, 4) is 5.75 Å². The van der Waals surface area contributed by atoms with Crippen LogP contribution in [0.2, 0.25) is 0 Å². The number of nitrogens with zero attached hydrogens (tertiary/aromatic N) is 2. The summed E-state index contributed by atoms with van der Waals surface area (Å²) in [7, 11) is 6.19. The number of anilines is 1. The molecule has 0 spiro atoms. The van der Waals surface area contributed by atoms with Crippen LogP contribution in [0.25, 0.3) is 0 Å². The molecule has 2 aliphatic heterocycles. The van der Waals surface area contributed by atoms with Gasteiger partial charge in [-0.05, 0) is 42.8 Å². The van der Waals surface area contributed by atoms with Crippen molar-refractivity contribution >= 4 is 5.69 Å². The summed E-state index contributed by atoms with van der Waals surface area (Å²) in [5, 5.41) is 0. The number of likely N-dealkylation sites (N-methyl/N-ethyl adjacent to an activating group) is 2. The van der Waals surface area contributed by atoms with E-state index in [1.807, 2.05) is 0 Å². The van der Waals surface area contributed by atoms with E-state index in [2.05, 4.69) is 72.4 Å². The number of rotatable bonds is 2. The molecule has 0 aromatic heterocycles. The zero-order chi connectivity index (χ0) is 15.3. The lowest BCUT2D eigenvalue weighted by molar-refractivity contribution is 0.278. The highest BCUT2D eigenvalue weighted by Gasteiger charge is 2.56. The Bertz CT molecular complexity index is 700. The number of hydrogen-bond donors (Lipinski definition) is 0. The van der Waals surface area contributed by atoms with Gasteiger partial charge in [-0.15, -0.1) is 0 Å². The number of likely N-dealkylation sites (tertiary alicyclic amines) is 1. The summed E-state index contributed by atoms with van der Waals surface area (Å²) < 4.78 is 5.50. The fraction of sp³-hybridized carbons (Fsp3) is 0.368. The Kier molecular flexibility index (Phi) is 2.95. The van der Waals surface area contributed by atoms with Gasteiger partial charge < -0.3 is 9.64 Å². The van der Waals surface area contributed by atoms with E-state index in [-0.39, 0.29) is 5.41 Å². The summed E-state index contributed by atoms with van der Waals surface area (Å²) in [6.07, 6.45) is 1.51. The second kappa shape index (κ2) is 4.75. The molecule has 3 nitrogen and oxygen atoms in total. The quantitative estimate of drug-likeness (QED) is 0.846. The predicted molar refractivity (Wildman–Crippen MR) is 89.7 cm³/mol. The second-order valence-electron chi connectivity index (χ2n) is 6.44. The van der Waals surface area contributed by atoms with Crippen molar-refractivity contribution in [2.24, 2.45) is 0 Å². The van der Waals surface area contributed by atoms with E-state index in [1.165, 1.54) is 16.8 Å². The first-order valence-electron chi connectivity index (χ1n) is 7.85. The molecule has 2 atom stereocenters. The maximum Gasteiger partial charge on any atom is 0.119 e. The molecule has 0 amide bonds. The third-order valence-electron chi connectivity index (χ3n) is 5.44. The van der Waals surface area contributed by atoms with Gasteiger partial charge in [0.05, 0.1) is 18.7 Å². The second-order valence-corrected chi connectivity index (χ2v) is 6.44. The molecule has 114 valence electrons. The normalized spacial score (nSPS) is 26.9. The average Bonchev–Trinajstić information content (AvgIpc) is 3.04. The SMILES string of the molecule is COc1ccc2c(c1)C1(c3ccccc3)CCN(C)C1N2C. The van der Waals surface area contributed by atoms with Gasteiger partial charge in [-0.25, -0.2) is 0 Å². The lowest BCUT2D eigenvalue weighted by Gasteiger charge is -2.35. The first kappa shape index (κ1) is 13.6. The maximum absolute atomic E-state index is 5.50.